The molecule has 2 aromatic carbocycles. The topological polar surface area (TPSA) is 29.3 Å². The molecule has 2 rings (SSSR count). The first-order valence-electron chi connectivity index (χ1n) is 6.40. The zero-order valence-corrected chi connectivity index (χ0v) is 12.9. The van der Waals surface area contributed by atoms with E-state index in [4.69, 9.17) is 5.73 Å². The van der Waals surface area contributed by atoms with Gasteiger partial charge in [0, 0.05) is 28.9 Å². The van der Waals surface area contributed by atoms with Gasteiger partial charge in [0.05, 0.1) is 0 Å². The molecule has 2 aromatic rings. The molecule has 0 aliphatic rings. The molecule has 2 N–H and O–H groups in total. The van der Waals surface area contributed by atoms with Gasteiger partial charge in [-0.2, -0.15) is 0 Å². The van der Waals surface area contributed by atoms with Crippen molar-refractivity contribution in [2.24, 2.45) is 5.73 Å². The third-order valence-electron chi connectivity index (χ3n) is 3.09. The van der Waals surface area contributed by atoms with E-state index < -0.39 is 0 Å². The largest absolute Gasteiger partial charge is 0.344 e. The fourth-order valence-electron chi connectivity index (χ4n) is 2.16. The van der Waals surface area contributed by atoms with Crippen molar-refractivity contribution in [1.29, 1.82) is 0 Å². The number of rotatable bonds is 4. The molecular formula is C16H19BrN2. The molecule has 0 heterocycles. The Bertz CT molecular complexity index is 538. The standard InChI is InChI=1S/C16H19BrN2/c1-12(18)10-13-8-9-14(17)11-16(13)19(2)15-6-4-3-5-7-15/h3-9,11-12H,10,18H2,1-2H3. The first kappa shape index (κ1) is 14.1. The van der Waals surface area contributed by atoms with Gasteiger partial charge in [-0.05, 0) is 43.2 Å². The lowest BCUT2D eigenvalue weighted by molar-refractivity contribution is 0.737. The Labute approximate surface area is 123 Å². The van der Waals surface area contributed by atoms with Crippen LogP contribution in [0.1, 0.15) is 12.5 Å². The Morgan fingerprint density at radius 1 is 1.16 bits per heavy atom. The summed E-state index contributed by atoms with van der Waals surface area (Å²) in [6, 6.07) is 16.9. The number of benzene rings is 2. The van der Waals surface area contributed by atoms with E-state index in [0.29, 0.717) is 0 Å². The van der Waals surface area contributed by atoms with Gasteiger partial charge in [-0.1, -0.05) is 40.2 Å². The zero-order chi connectivity index (χ0) is 13.8. The Morgan fingerprint density at radius 2 is 1.84 bits per heavy atom. The molecule has 0 fully saturated rings. The Kier molecular flexibility index (Phi) is 4.61. The van der Waals surface area contributed by atoms with Crippen molar-refractivity contribution < 1.29 is 0 Å². The van der Waals surface area contributed by atoms with Gasteiger partial charge in [-0.25, -0.2) is 0 Å². The summed E-state index contributed by atoms with van der Waals surface area (Å²) < 4.78 is 1.08. The second-order valence-electron chi connectivity index (χ2n) is 4.85. The van der Waals surface area contributed by atoms with Gasteiger partial charge >= 0.3 is 0 Å². The predicted molar refractivity (Wildman–Crippen MR) is 86.0 cm³/mol. The highest BCUT2D eigenvalue weighted by Gasteiger charge is 2.11. The minimum Gasteiger partial charge on any atom is -0.344 e. The third-order valence-corrected chi connectivity index (χ3v) is 3.59. The molecule has 1 unspecified atom stereocenters. The molecule has 1 atom stereocenters. The maximum absolute atomic E-state index is 5.94. The predicted octanol–water partition coefficient (Wildman–Crippen LogP) is 4.11. The van der Waals surface area contributed by atoms with Crippen molar-refractivity contribution in [2.45, 2.75) is 19.4 Å². The number of hydrogen-bond acceptors (Lipinski definition) is 2. The quantitative estimate of drug-likeness (QED) is 0.919. The normalized spacial score (nSPS) is 12.2. The molecule has 0 spiro atoms. The first-order chi connectivity index (χ1) is 9.08. The lowest BCUT2D eigenvalue weighted by Crippen LogP contribution is -2.20. The number of nitrogens with zero attached hydrogens (tertiary/aromatic N) is 1. The molecule has 0 bridgehead atoms. The zero-order valence-electron chi connectivity index (χ0n) is 11.3. The van der Waals surface area contributed by atoms with Crippen LogP contribution in [-0.4, -0.2) is 13.1 Å². The Balaban J connectivity index is 2.39. The van der Waals surface area contributed by atoms with Gasteiger partial charge in [0.1, 0.15) is 0 Å². The highest BCUT2D eigenvalue weighted by atomic mass is 79.9. The van der Waals surface area contributed by atoms with Crippen molar-refractivity contribution in [1.82, 2.24) is 0 Å². The average Bonchev–Trinajstić information content (AvgIpc) is 2.40. The summed E-state index contributed by atoms with van der Waals surface area (Å²) in [5, 5.41) is 0. The van der Waals surface area contributed by atoms with E-state index in [2.05, 4.69) is 70.3 Å². The van der Waals surface area contributed by atoms with Gasteiger partial charge in [0.2, 0.25) is 0 Å². The third kappa shape index (κ3) is 3.58. The maximum atomic E-state index is 5.94. The molecule has 3 heteroatoms. The molecule has 19 heavy (non-hydrogen) atoms. The number of hydrogen-bond donors (Lipinski definition) is 1. The summed E-state index contributed by atoms with van der Waals surface area (Å²) in [7, 11) is 2.09. The first-order valence-corrected chi connectivity index (χ1v) is 7.20. The number of anilines is 2. The molecular weight excluding hydrogens is 300 g/mol. The van der Waals surface area contributed by atoms with Crippen LogP contribution in [0, 0.1) is 0 Å². The molecule has 0 aliphatic heterocycles. The number of para-hydroxylation sites is 1. The van der Waals surface area contributed by atoms with E-state index in [1.165, 1.54) is 16.9 Å². The van der Waals surface area contributed by atoms with E-state index in [1.807, 2.05) is 13.0 Å². The van der Waals surface area contributed by atoms with Crippen molar-refractivity contribution in [3.05, 3.63) is 58.6 Å². The Morgan fingerprint density at radius 3 is 2.47 bits per heavy atom. The molecule has 0 aromatic heterocycles. The average molecular weight is 319 g/mol. The van der Waals surface area contributed by atoms with Crippen LogP contribution < -0.4 is 10.6 Å². The van der Waals surface area contributed by atoms with Crippen molar-refractivity contribution in [2.75, 3.05) is 11.9 Å². The van der Waals surface area contributed by atoms with Crippen LogP contribution in [-0.2, 0) is 6.42 Å². The van der Waals surface area contributed by atoms with Crippen molar-refractivity contribution >= 4 is 27.3 Å². The fourth-order valence-corrected chi connectivity index (χ4v) is 2.51. The van der Waals surface area contributed by atoms with Crippen LogP contribution in [0.2, 0.25) is 0 Å². The van der Waals surface area contributed by atoms with Crippen molar-refractivity contribution in [3.63, 3.8) is 0 Å². The molecule has 0 saturated heterocycles. The molecule has 0 amide bonds. The van der Waals surface area contributed by atoms with Crippen LogP contribution in [0.3, 0.4) is 0 Å². The van der Waals surface area contributed by atoms with E-state index in [0.717, 1.165) is 10.9 Å². The van der Waals surface area contributed by atoms with Gasteiger partial charge < -0.3 is 10.6 Å². The number of nitrogens with two attached hydrogens (primary N) is 1. The minimum absolute atomic E-state index is 0.157. The van der Waals surface area contributed by atoms with Crippen LogP contribution in [0.5, 0.6) is 0 Å². The highest BCUT2D eigenvalue weighted by molar-refractivity contribution is 9.10. The second kappa shape index (κ2) is 6.22. The Hall–Kier alpha value is -1.32. The summed E-state index contributed by atoms with van der Waals surface area (Å²) in [5.41, 5.74) is 9.57. The molecule has 0 aliphatic carbocycles. The van der Waals surface area contributed by atoms with E-state index in [-0.39, 0.29) is 6.04 Å². The maximum Gasteiger partial charge on any atom is 0.0452 e. The highest BCUT2D eigenvalue weighted by Crippen LogP contribution is 2.30. The molecule has 100 valence electrons. The summed E-state index contributed by atoms with van der Waals surface area (Å²) in [5.74, 6) is 0. The second-order valence-corrected chi connectivity index (χ2v) is 5.76. The van der Waals surface area contributed by atoms with Crippen LogP contribution in [0.15, 0.2) is 53.0 Å². The monoisotopic (exact) mass is 318 g/mol. The molecule has 0 radical (unpaired) electrons. The lowest BCUT2D eigenvalue weighted by Gasteiger charge is -2.23. The van der Waals surface area contributed by atoms with E-state index in [9.17, 15) is 0 Å². The van der Waals surface area contributed by atoms with Crippen molar-refractivity contribution in [3.8, 4) is 0 Å². The van der Waals surface area contributed by atoms with E-state index in [1.54, 1.807) is 0 Å². The smallest absolute Gasteiger partial charge is 0.0452 e. The van der Waals surface area contributed by atoms with Gasteiger partial charge in [-0.3, -0.25) is 0 Å². The fraction of sp³-hybridized carbons (Fsp3) is 0.250. The van der Waals surface area contributed by atoms with Crippen LogP contribution in [0.4, 0.5) is 11.4 Å². The summed E-state index contributed by atoms with van der Waals surface area (Å²) in [6.07, 6.45) is 0.875. The van der Waals surface area contributed by atoms with Gasteiger partial charge in [0.25, 0.3) is 0 Å². The minimum atomic E-state index is 0.157. The van der Waals surface area contributed by atoms with Gasteiger partial charge in [0.15, 0.2) is 0 Å². The van der Waals surface area contributed by atoms with Crippen LogP contribution >= 0.6 is 15.9 Å². The van der Waals surface area contributed by atoms with E-state index >= 15 is 0 Å². The summed E-state index contributed by atoms with van der Waals surface area (Å²) in [6.45, 7) is 2.04. The van der Waals surface area contributed by atoms with Crippen LogP contribution in [0.25, 0.3) is 0 Å². The molecule has 2 nitrogen and oxygen atoms in total. The van der Waals surface area contributed by atoms with Gasteiger partial charge in [-0.15, -0.1) is 0 Å². The summed E-state index contributed by atoms with van der Waals surface area (Å²) >= 11 is 3.55. The molecule has 0 saturated carbocycles. The summed E-state index contributed by atoms with van der Waals surface area (Å²) in [4.78, 5) is 2.20. The SMILES string of the molecule is CC(N)Cc1ccc(Br)cc1N(C)c1ccccc1. The lowest BCUT2D eigenvalue weighted by atomic mass is 10.0. The number of halogens is 1.